The Morgan fingerprint density at radius 2 is 1.49 bits per heavy atom. The van der Waals surface area contributed by atoms with Gasteiger partial charge < -0.3 is 10.2 Å². The van der Waals surface area contributed by atoms with Gasteiger partial charge in [-0.2, -0.15) is 0 Å². The van der Waals surface area contributed by atoms with Gasteiger partial charge in [-0.3, -0.25) is 13.9 Å². The highest BCUT2D eigenvalue weighted by Crippen LogP contribution is 2.29. The van der Waals surface area contributed by atoms with Crippen LogP contribution in [0.3, 0.4) is 0 Å². The molecule has 0 radical (unpaired) electrons. The van der Waals surface area contributed by atoms with Crippen LogP contribution in [0, 0.1) is 12.8 Å². The quantitative estimate of drug-likeness (QED) is 0.238. The van der Waals surface area contributed by atoms with Gasteiger partial charge in [0.1, 0.15) is 12.6 Å². The molecule has 0 bridgehead atoms. The van der Waals surface area contributed by atoms with Gasteiger partial charge in [0.15, 0.2) is 0 Å². The third kappa shape index (κ3) is 8.38. The van der Waals surface area contributed by atoms with Crippen LogP contribution in [-0.2, 0) is 26.2 Å². The van der Waals surface area contributed by atoms with E-state index in [2.05, 4.69) is 5.32 Å². The number of aryl methyl sites for hydroxylation is 1. The summed E-state index contributed by atoms with van der Waals surface area (Å²) in [6, 6.07) is 16.6. The number of amides is 2. The van der Waals surface area contributed by atoms with E-state index in [1.54, 1.807) is 49.4 Å². The summed E-state index contributed by atoms with van der Waals surface area (Å²) in [4.78, 5) is 28.8. The van der Waals surface area contributed by atoms with Crippen LogP contribution in [0.5, 0.6) is 0 Å². The zero-order valence-electron chi connectivity index (χ0n) is 23.4. The fourth-order valence-corrected chi connectivity index (χ4v) is 6.23. The molecule has 220 valence electrons. The summed E-state index contributed by atoms with van der Waals surface area (Å²) in [5.74, 6) is -0.756. The summed E-state index contributed by atoms with van der Waals surface area (Å²) in [6.45, 7) is 7.32. The fourth-order valence-electron chi connectivity index (χ4n) is 4.17. The van der Waals surface area contributed by atoms with Crippen LogP contribution in [-0.4, -0.2) is 44.3 Å². The molecule has 1 N–H and O–H groups in total. The van der Waals surface area contributed by atoms with Crippen LogP contribution in [0.4, 0.5) is 5.69 Å². The SMILES string of the molecule is CC[C@H](C(=O)NCC(C)C)N(Cc1c(Cl)cccc1Cl)C(=O)CN(c1ccc(Cl)cc1)S(=O)(=O)c1ccc(C)cc1. The zero-order chi connectivity index (χ0) is 30.3. The lowest BCUT2D eigenvalue weighted by molar-refractivity contribution is -0.140. The molecular formula is C30H34Cl3N3O4S. The van der Waals surface area contributed by atoms with E-state index in [-0.39, 0.29) is 35.4 Å². The lowest BCUT2D eigenvalue weighted by atomic mass is 10.1. The Kier molecular flexibility index (Phi) is 11.5. The molecule has 11 heteroatoms. The lowest BCUT2D eigenvalue weighted by Crippen LogP contribution is -2.52. The average Bonchev–Trinajstić information content (AvgIpc) is 2.92. The summed E-state index contributed by atoms with van der Waals surface area (Å²) in [5.41, 5.74) is 1.59. The molecule has 0 saturated carbocycles. The molecular weight excluding hydrogens is 605 g/mol. The van der Waals surface area contributed by atoms with E-state index in [1.807, 2.05) is 20.8 Å². The van der Waals surface area contributed by atoms with E-state index >= 15 is 0 Å². The number of carbonyl (C=O) groups excluding carboxylic acids is 2. The molecule has 0 aliphatic rings. The predicted molar refractivity (Wildman–Crippen MR) is 166 cm³/mol. The van der Waals surface area contributed by atoms with Crippen molar-refractivity contribution in [3.8, 4) is 0 Å². The van der Waals surface area contributed by atoms with Crippen molar-refractivity contribution in [3.63, 3.8) is 0 Å². The maximum Gasteiger partial charge on any atom is 0.264 e. The van der Waals surface area contributed by atoms with E-state index in [0.29, 0.717) is 27.2 Å². The second-order valence-corrected chi connectivity index (χ2v) is 13.2. The lowest BCUT2D eigenvalue weighted by Gasteiger charge is -2.33. The number of hydrogen-bond donors (Lipinski definition) is 1. The van der Waals surface area contributed by atoms with Gasteiger partial charge in [0.2, 0.25) is 11.8 Å². The van der Waals surface area contributed by atoms with Gasteiger partial charge in [-0.25, -0.2) is 8.42 Å². The van der Waals surface area contributed by atoms with Gasteiger partial charge in [0, 0.05) is 33.7 Å². The first-order valence-electron chi connectivity index (χ1n) is 13.2. The number of benzene rings is 3. The molecule has 0 unspecified atom stereocenters. The molecule has 3 rings (SSSR count). The van der Waals surface area contributed by atoms with E-state index in [4.69, 9.17) is 34.8 Å². The average molecular weight is 639 g/mol. The minimum Gasteiger partial charge on any atom is -0.354 e. The Balaban J connectivity index is 2.08. The fraction of sp³-hybridized carbons (Fsp3) is 0.333. The molecule has 0 aromatic heterocycles. The molecule has 0 aliphatic carbocycles. The summed E-state index contributed by atoms with van der Waals surface area (Å²) in [5, 5.41) is 3.96. The minimum atomic E-state index is -4.19. The number of carbonyl (C=O) groups is 2. The summed E-state index contributed by atoms with van der Waals surface area (Å²) < 4.78 is 28.8. The molecule has 2 amide bonds. The summed E-state index contributed by atoms with van der Waals surface area (Å²) >= 11 is 19.0. The van der Waals surface area contributed by atoms with E-state index in [9.17, 15) is 18.0 Å². The van der Waals surface area contributed by atoms with Gasteiger partial charge in [-0.1, -0.05) is 79.3 Å². The van der Waals surface area contributed by atoms with Crippen LogP contribution < -0.4 is 9.62 Å². The van der Waals surface area contributed by atoms with E-state index < -0.39 is 28.5 Å². The highest BCUT2D eigenvalue weighted by atomic mass is 35.5. The maximum atomic E-state index is 14.1. The number of anilines is 1. The number of nitrogens with one attached hydrogen (secondary N) is 1. The topological polar surface area (TPSA) is 86.8 Å². The van der Waals surface area contributed by atoms with Crippen molar-refractivity contribution < 1.29 is 18.0 Å². The van der Waals surface area contributed by atoms with Crippen molar-refractivity contribution >= 4 is 62.3 Å². The Labute approximate surface area is 257 Å². The highest BCUT2D eigenvalue weighted by molar-refractivity contribution is 7.92. The zero-order valence-corrected chi connectivity index (χ0v) is 26.5. The Hall–Kier alpha value is -2.78. The smallest absolute Gasteiger partial charge is 0.264 e. The summed E-state index contributed by atoms with van der Waals surface area (Å²) in [7, 11) is -4.19. The Morgan fingerprint density at radius 3 is 2.02 bits per heavy atom. The van der Waals surface area contributed by atoms with Crippen LogP contribution in [0.25, 0.3) is 0 Å². The van der Waals surface area contributed by atoms with Crippen molar-refractivity contribution in [2.45, 2.75) is 51.6 Å². The number of halogens is 3. The van der Waals surface area contributed by atoms with Gasteiger partial charge in [0.05, 0.1) is 10.6 Å². The van der Waals surface area contributed by atoms with E-state index in [0.717, 1.165) is 9.87 Å². The van der Waals surface area contributed by atoms with Crippen molar-refractivity contribution in [2.24, 2.45) is 5.92 Å². The summed E-state index contributed by atoms with van der Waals surface area (Å²) in [6.07, 6.45) is 0.281. The van der Waals surface area contributed by atoms with Crippen LogP contribution in [0.15, 0.2) is 71.6 Å². The third-order valence-corrected chi connectivity index (χ3v) is 9.21. The molecule has 0 spiro atoms. The first-order valence-corrected chi connectivity index (χ1v) is 15.8. The second-order valence-electron chi connectivity index (χ2n) is 10.1. The maximum absolute atomic E-state index is 14.1. The molecule has 3 aromatic rings. The molecule has 0 saturated heterocycles. The van der Waals surface area contributed by atoms with Crippen molar-refractivity contribution in [1.29, 1.82) is 0 Å². The van der Waals surface area contributed by atoms with Crippen molar-refractivity contribution in [1.82, 2.24) is 10.2 Å². The minimum absolute atomic E-state index is 0.0215. The third-order valence-electron chi connectivity index (χ3n) is 6.46. The molecule has 7 nitrogen and oxygen atoms in total. The normalized spacial score (nSPS) is 12.2. The highest BCUT2D eigenvalue weighted by Gasteiger charge is 2.34. The number of rotatable bonds is 12. The van der Waals surface area contributed by atoms with Gasteiger partial charge >= 0.3 is 0 Å². The number of hydrogen-bond acceptors (Lipinski definition) is 4. The van der Waals surface area contributed by atoms with Crippen LogP contribution in [0.1, 0.15) is 38.3 Å². The van der Waals surface area contributed by atoms with Crippen LogP contribution in [0.2, 0.25) is 15.1 Å². The molecule has 41 heavy (non-hydrogen) atoms. The molecule has 0 aliphatic heterocycles. The number of sulfonamides is 1. The molecule has 0 fully saturated rings. The van der Waals surface area contributed by atoms with Crippen molar-refractivity contribution in [3.05, 3.63) is 92.9 Å². The van der Waals surface area contributed by atoms with Crippen LogP contribution >= 0.6 is 34.8 Å². The van der Waals surface area contributed by atoms with Gasteiger partial charge in [-0.15, -0.1) is 0 Å². The van der Waals surface area contributed by atoms with E-state index in [1.165, 1.54) is 29.2 Å². The predicted octanol–water partition coefficient (Wildman–Crippen LogP) is 6.73. The second kappa shape index (κ2) is 14.4. The first-order chi connectivity index (χ1) is 19.3. The van der Waals surface area contributed by atoms with Gasteiger partial charge in [-0.05, 0) is 67.8 Å². The van der Waals surface area contributed by atoms with Gasteiger partial charge in [0.25, 0.3) is 10.0 Å². The largest absolute Gasteiger partial charge is 0.354 e. The molecule has 1 atom stereocenters. The standard InChI is InChI=1S/C30H34Cl3N3O4S/c1-5-28(30(38)34-17-20(2)3)35(18-25-26(32)7-6-8-27(25)33)29(37)19-36(23-13-11-22(31)12-14-23)41(39,40)24-15-9-21(4)10-16-24/h6-16,20,28H,5,17-19H2,1-4H3,(H,34,38)/t28-/m1/s1. The Morgan fingerprint density at radius 1 is 0.902 bits per heavy atom. The molecule has 3 aromatic carbocycles. The number of nitrogens with zero attached hydrogens (tertiary/aromatic N) is 2. The monoisotopic (exact) mass is 637 g/mol. The molecule has 0 heterocycles. The first kappa shape index (κ1) is 32.7. The van der Waals surface area contributed by atoms with Crippen molar-refractivity contribution in [2.75, 3.05) is 17.4 Å². The Bertz CT molecular complexity index is 1440.